The number of hydrogen-bond acceptors (Lipinski definition) is 5. The third-order valence-electron chi connectivity index (χ3n) is 4.67. The molecular weight excluding hydrogens is 334 g/mol. The average molecular weight is 357 g/mol. The Morgan fingerprint density at radius 3 is 2.42 bits per heavy atom. The summed E-state index contributed by atoms with van der Waals surface area (Å²) in [7, 11) is 0. The van der Waals surface area contributed by atoms with E-state index in [-0.39, 0.29) is 17.4 Å². The van der Waals surface area contributed by atoms with Crippen molar-refractivity contribution in [2.24, 2.45) is 5.92 Å². The summed E-state index contributed by atoms with van der Waals surface area (Å²) >= 11 is 0. The Labute approximate surface area is 151 Å². The molecule has 26 heavy (non-hydrogen) atoms. The maximum atomic E-state index is 12.5. The van der Waals surface area contributed by atoms with E-state index in [0.717, 1.165) is 10.1 Å². The minimum absolute atomic E-state index is 0.120. The van der Waals surface area contributed by atoms with Crippen molar-refractivity contribution in [3.63, 3.8) is 0 Å². The van der Waals surface area contributed by atoms with Gasteiger partial charge in [0.15, 0.2) is 0 Å². The minimum Gasteiger partial charge on any atom is -0.466 e. The van der Waals surface area contributed by atoms with Crippen LogP contribution in [0.15, 0.2) is 39.9 Å². The van der Waals surface area contributed by atoms with Gasteiger partial charge in [0.2, 0.25) is 0 Å². The van der Waals surface area contributed by atoms with Gasteiger partial charge in [0.05, 0.1) is 18.2 Å². The Hall–Kier alpha value is -2.83. The summed E-state index contributed by atoms with van der Waals surface area (Å²) in [6, 6.07) is 8.64. The fourth-order valence-corrected chi connectivity index (χ4v) is 3.21. The number of carbonyl (C=O) groups is 1. The van der Waals surface area contributed by atoms with E-state index in [1.54, 1.807) is 19.1 Å². The number of rotatable bonds is 4. The Morgan fingerprint density at radius 1 is 1.19 bits per heavy atom. The summed E-state index contributed by atoms with van der Waals surface area (Å²) in [4.78, 5) is 41.5. The van der Waals surface area contributed by atoms with Gasteiger partial charge >= 0.3 is 11.7 Å². The lowest BCUT2D eigenvalue weighted by Gasteiger charge is -2.32. The largest absolute Gasteiger partial charge is 0.466 e. The van der Waals surface area contributed by atoms with E-state index in [0.29, 0.717) is 44.0 Å². The Kier molecular flexibility index (Phi) is 5.25. The maximum Gasteiger partial charge on any atom is 0.334 e. The number of H-pyrrole nitrogens is 1. The van der Waals surface area contributed by atoms with Crippen LogP contribution in [0, 0.1) is 12.8 Å². The van der Waals surface area contributed by atoms with E-state index in [4.69, 9.17) is 4.74 Å². The molecule has 0 amide bonds. The summed E-state index contributed by atoms with van der Waals surface area (Å²) in [5.41, 5.74) is 0.748. The van der Waals surface area contributed by atoms with Gasteiger partial charge in [-0.1, -0.05) is 17.7 Å². The van der Waals surface area contributed by atoms with Crippen LogP contribution < -0.4 is 16.1 Å². The molecule has 1 aliphatic rings. The van der Waals surface area contributed by atoms with Crippen molar-refractivity contribution < 1.29 is 9.53 Å². The smallest absolute Gasteiger partial charge is 0.334 e. The molecule has 0 spiro atoms. The van der Waals surface area contributed by atoms with Crippen molar-refractivity contribution >= 4 is 11.8 Å². The topological polar surface area (TPSA) is 84.4 Å². The van der Waals surface area contributed by atoms with Crippen molar-refractivity contribution in [1.29, 1.82) is 0 Å². The number of nitrogens with zero attached hydrogens (tertiary/aromatic N) is 2. The lowest BCUT2D eigenvalue weighted by Crippen LogP contribution is -2.41. The van der Waals surface area contributed by atoms with Crippen molar-refractivity contribution in [2.75, 3.05) is 24.6 Å². The molecule has 0 saturated carbocycles. The number of aryl methyl sites for hydroxylation is 1. The first-order valence-corrected chi connectivity index (χ1v) is 8.84. The van der Waals surface area contributed by atoms with Gasteiger partial charge < -0.3 is 9.64 Å². The van der Waals surface area contributed by atoms with Gasteiger partial charge in [0.1, 0.15) is 5.82 Å². The SMILES string of the molecule is CCOC(=O)C1CCN(c2cc(=O)n(-c3ccc(C)cc3)c(=O)[nH]2)CC1. The van der Waals surface area contributed by atoms with E-state index in [1.807, 2.05) is 24.0 Å². The number of aromatic amines is 1. The number of esters is 1. The monoisotopic (exact) mass is 357 g/mol. The number of aromatic nitrogens is 2. The van der Waals surface area contributed by atoms with E-state index in [1.165, 1.54) is 6.07 Å². The second kappa shape index (κ2) is 7.59. The first kappa shape index (κ1) is 18.0. The molecule has 7 nitrogen and oxygen atoms in total. The van der Waals surface area contributed by atoms with Gasteiger partial charge in [0.25, 0.3) is 5.56 Å². The van der Waals surface area contributed by atoms with Crippen LogP contribution in [0.4, 0.5) is 5.82 Å². The number of benzene rings is 1. The summed E-state index contributed by atoms with van der Waals surface area (Å²) in [5.74, 6) is 0.201. The molecule has 7 heteroatoms. The normalized spacial score (nSPS) is 15.1. The van der Waals surface area contributed by atoms with Crippen LogP contribution in [0.2, 0.25) is 0 Å². The van der Waals surface area contributed by atoms with Crippen LogP contribution >= 0.6 is 0 Å². The fourth-order valence-electron chi connectivity index (χ4n) is 3.21. The van der Waals surface area contributed by atoms with Crippen molar-refractivity contribution in [3.8, 4) is 5.69 Å². The molecule has 0 atom stereocenters. The zero-order valence-electron chi connectivity index (χ0n) is 15.0. The molecule has 1 aliphatic heterocycles. The van der Waals surface area contributed by atoms with Crippen LogP contribution in [0.5, 0.6) is 0 Å². The number of nitrogens with one attached hydrogen (secondary N) is 1. The van der Waals surface area contributed by atoms with Gasteiger partial charge in [-0.25, -0.2) is 9.36 Å². The van der Waals surface area contributed by atoms with Gasteiger partial charge in [0, 0.05) is 19.2 Å². The molecule has 3 rings (SSSR count). The number of carbonyl (C=O) groups excluding carboxylic acids is 1. The third kappa shape index (κ3) is 3.71. The molecule has 138 valence electrons. The van der Waals surface area contributed by atoms with Crippen molar-refractivity contribution in [2.45, 2.75) is 26.7 Å². The minimum atomic E-state index is -0.469. The second-order valence-corrected chi connectivity index (χ2v) is 6.48. The molecule has 0 radical (unpaired) electrons. The predicted molar refractivity (Wildman–Crippen MR) is 99.0 cm³/mol. The van der Waals surface area contributed by atoms with Crippen LogP contribution in [-0.4, -0.2) is 35.2 Å². The number of piperidine rings is 1. The number of anilines is 1. The van der Waals surface area contributed by atoms with E-state index in [9.17, 15) is 14.4 Å². The van der Waals surface area contributed by atoms with Gasteiger partial charge in [-0.05, 0) is 38.8 Å². The van der Waals surface area contributed by atoms with Crippen molar-refractivity contribution in [1.82, 2.24) is 9.55 Å². The highest BCUT2D eigenvalue weighted by Gasteiger charge is 2.26. The molecule has 1 saturated heterocycles. The molecule has 0 bridgehead atoms. The Bertz CT molecular complexity index is 859. The lowest BCUT2D eigenvalue weighted by atomic mass is 9.97. The van der Waals surface area contributed by atoms with E-state index in [2.05, 4.69) is 4.98 Å². The highest BCUT2D eigenvalue weighted by Crippen LogP contribution is 2.21. The zero-order chi connectivity index (χ0) is 18.7. The third-order valence-corrected chi connectivity index (χ3v) is 4.67. The second-order valence-electron chi connectivity index (χ2n) is 6.48. The number of ether oxygens (including phenoxy) is 1. The predicted octanol–water partition coefficient (Wildman–Crippen LogP) is 1.61. The summed E-state index contributed by atoms with van der Waals surface area (Å²) < 4.78 is 6.18. The van der Waals surface area contributed by atoms with Crippen LogP contribution in [0.25, 0.3) is 5.69 Å². The molecule has 0 unspecified atom stereocenters. The average Bonchev–Trinajstić information content (AvgIpc) is 2.63. The highest BCUT2D eigenvalue weighted by molar-refractivity contribution is 5.72. The van der Waals surface area contributed by atoms with Gasteiger partial charge in [-0.3, -0.25) is 14.6 Å². The molecule has 2 aromatic rings. The quantitative estimate of drug-likeness (QED) is 0.841. The number of hydrogen-bond donors (Lipinski definition) is 1. The van der Waals surface area contributed by atoms with E-state index < -0.39 is 5.69 Å². The molecule has 1 fully saturated rings. The molecule has 1 aromatic carbocycles. The summed E-state index contributed by atoms with van der Waals surface area (Å²) in [5, 5.41) is 0. The Morgan fingerprint density at radius 2 is 1.85 bits per heavy atom. The first-order chi connectivity index (χ1) is 12.5. The molecule has 1 aromatic heterocycles. The summed E-state index contributed by atoms with van der Waals surface area (Å²) in [6.45, 7) is 5.30. The van der Waals surface area contributed by atoms with E-state index >= 15 is 0 Å². The van der Waals surface area contributed by atoms with Gasteiger partial charge in [-0.2, -0.15) is 0 Å². The molecule has 1 N–H and O–H groups in total. The standard InChI is InChI=1S/C19H23N3O4/c1-3-26-18(24)14-8-10-21(11-9-14)16-12-17(23)22(19(25)20-16)15-6-4-13(2)5-7-15/h4-7,12,14H,3,8-11H2,1-2H3,(H,20,25). The molecule has 2 heterocycles. The van der Waals surface area contributed by atoms with Crippen LogP contribution in [-0.2, 0) is 9.53 Å². The van der Waals surface area contributed by atoms with Crippen LogP contribution in [0.3, 0.4) is 0 Å². The first-order valence-electron chi connectivity index (χ1n) is 8.84. The Balaban J connectivity index is 1.79. The lowest BCUT2D eigenvalue weighted by molar-refractivity contribution is -0.148. The van der Waals surface area contributed by atoms with Gasteiger partial charge in [-0.15, -0.1) is 0 Å². The molecular formula is C19H23N3O4. The van der Waals surface area contributed by atoms with Crippen molar-refractivity contribution in [3.05, 3.63) is 56.7 Å². The zero-order valence-corrected chi connectivity index (χ0v) is 15.0. The maximum absolute atomic E-state index is 12.5. The van der Waals surface area contributed by atoms with Crippen LogP contribution in [0.1, 0.15) is 25.3 Å². The highest BCUT2D eigenvalue weighted by atomic mass is 16.5. The molecule has 0 aliphatic carbocycles. The fraction of sp³-hybridized carbons (Fsp3) is 0.421. The summed E-state index contributed by atoms with van der Waals surface area (Å²) in [6.07, 6.45) is 1.28.